The molecule has 0 atom stereocenters. The Kier molecular flexibility index (Phi) is 4.53. The van der Waals surface area contributed by atoms with E-state index in [0.717, 1.165) is 24.2 Å². The van der Waals surface area contributed by atoms with Gasteiger partial charge in [0.2, 0.25) is 5.91 Å². The number of aryl methyl sites for hydroxylation is 1. The lowest BCUT2D eigenvalue weighted by Crippen LogP contribution is -2.49. The Morgan fingerprint density at radius 1 is 1.32 bits per heavy atom. The highest BCUT2D eigenvalue weighted by Gasteiger charge is 2.55. The number of carbonyl (C=O) groups is 3. The highest BCUT2D eigenvalue weighted by Crippen LogP contribution is 2.39. The van der Waals surface area contributed by atoms with Crippen molar-refractivity contribution in [1.82, 2.24) is 19.9 Å². The van der Waals surface area contributed by atoms with Gasteiger partial charge in [0, 0.05) is 20.2 Å². The van der Waals surface area contributed by atoms with Gasteiger partial charge in [-0.1, -0.05) is 24.4 Å². The summed E-state index contributed by atoms with van der Waals surface area (Å²) in [6, 6.07) is 1.37. The molecule has 1 aliphatic heterocycles. The second-order valence-corrected chi connectivity index (χ2v) is 7.00. The molecule has 1 aliphatic carbocycles. The van der Waals surface area contributed by atoms with Crippen LogP contribution >= 0.6 is 0 Å². The lowest BCUT2D eigenvalue weighted by Gasteiger charge is -2.35. The van der Waals surface area contributed by atoms with Crippen LogP contribution in [-0.4, -0.2) is 63.9 Å². The van der Waals surface area contributed by atoms with Crippen molar-refractivity contribution in [2.75, 3.05) is 20.6 Å². The van der Waals surface area contributed by atoms with Crippen LogP contribution in [0.3, 0.4) is 0 Å². The fraction of sp³-hybridized carbons (Fsp3) is 0.647. The molecule has 0 unspecified atom stereocenters. The number of hydrogen-bond donors (Lipinski definition) is 0. The fourth-order valence-corrected chi connectivity index (χ4v) is 3.75. The number of hydrogen-bond acceptors (Lipinski definition) is 5. The first-order valence-corrected chi connectivity index (χ1v) is 8.61. The van der Waals surface area contributed by atoms with Crippen LogP contribution in [0, 0.1) is 6.92 Å². The number of nitrogens with zero attached hydrogens (tertiary/aromatic N) is 4. The Morgan fingerprint density at radius 3 is 2.60 bits per heavy atom. The quantitative estimate of drug-likeness (QED) is 0.770. The number of urea groups is 1. The standard InChI is InChI=1S/C17H24N4O4/c1-12-9-13(18-25-12)10-19(2)14(22)11-21-15(23)17(20(3)16(21)24)7-5-4-6-8-17/h9H,4-8,10-11H2,1-3H3. The molecule has 1 spiro atoms. The molecule has 0 N–H and O–H groups in total. The molecular weight excluding hydrogens is 324 g/mol. The van der Waals surface area contributed by atoms with Gasteiger partial charge in [-0.3, -0.25) is 14.5 Å². The van der Waals surface area contributed by atoms with Gasteiger partial charge in [0.25, 0.3) is 5.91 Å². The van der Waals surface area contributed by atoms with Crippen LogP contribution in [-0.2, 0) is 16.1 Å². The second kappa shape index (κ2) is 6.50. The molecule has 1 aromatic rings. The van der Waals surface area contributed by atoms with E-state index in [-0.39, 0.29) is 30.9 Å². The van der Waals surface area contributed by atoms with E-state index in [9.17, 15) is 14.4 Å². The number of rotatable bonds is 4. The van der Waals surface area contributed by atoms with E-state index in [0.29, 0.717) is 24.3 Å². The summed E-state index contributed by atoms with van der Waals surface area (Å²) in [6.45, 7) is 1.81. The first kappa shape index (κ1) is 17.4. The summed E-state index contributed by atoms with van der Waals surface area (Å²) >= 11 is 0. The maximum absolute atomic E-state index is 12.9. The summed E-state index contributed by atoms with van der Waals surface area (Å²) in [6.07, 6.45) is 4.28. The summed E-state index contributed by atoms with van der Waals surface area (Å²) in [5, 5.41) is 3.86. The van der Waals surface area contributed by atoms with Crippen LogP contribution in [0.5, 0.6) is 0 Å². The van der Waals surface area contributed by atoms with Gasteiger partial charge in [-0.25, -0.2) is 4.79 Å². The van der Waals surface area contributed by atoms with E-state index in [1.54, 1.807) is 27.1 Å². The van der Waals surface area contributed by atoms with Gasteiger partial charge in [0.15, 0.2) is 0 Å². The van der Waals surface area contributed by atoms with Crippen LogP contribution in [0.15, 0.2) is 10.6 Å². The van der Waals surface area contributed by atoms with Crippen molar-refractivity contribution in [2.24, 2.45) is 0 Å². The Bertz CT molecular complexity index is 693. The molecule has 1 aromatic heterocycles. The van der Waals surface area contributed by atoms with E-state index in [4.69, 9.17) is 4.52 Å². The maximum atomic E-state index is 12.9. The maximum Gasteiger partial charge on any atom is 0.327 e. The van der Waals surface area contributed by atoms with Gasteiger partial charge in [-0.05, 0) is 19.8 Å². The van der Waals surface area contributed by atoms with Gasteiger partial charge in [-0.2, -0.15) is 0 Å². The van der Waals surface area contributed by atoms with Crippen molar-refractivity contribution in [1.29, 1.82) is 0 Å². The van der Waals surface area contributed by atoms with Gasteiger partial charge >= 0.3 is 6.03 Å². The van der Waals surface area contributed by atoms with Crippen molar-refractivity contribution in [3.05, 3.63) is 17.5 Å². The van der Waals surface area contributed by atoms with Gasteiger partial charge in [-0.15, -0.1) is 0 Å². The van der Waals surface area contributed by atoms with Crippen LogP contribution in [0.25, 0.3) is 0 Å². The third-order valence-corrected chi connectivity index (χ3v) is 5.28. The third kappa shape index (κ3) is 3.01. The minimum atomic E-state index is -0.753. The topological polar surface area (TPSA) is 87.0 Å². The summed E-state index contributed by atoms with van der Waals surface area (Å²) in [7, 11) is 3.29. The molecule has 2 heterocycles. The predicted octanol–water partition coefficient (Wildman–Crippen LogP) is 1.54. The highest BCUT2D eigenvalue weighted by atomic mass is 16.5. The second-order valence-electron chi connectivity index (χ2n) is 7.00. The Hall–Kier alpha value is -2.38. The Balaban J connectivity index is 1.68. The van der Waals surface area contributed by atoms with Crippen molar-refractivity contribution in [2.45, 2.75) is 51.1 Å². The minimum absolute atomic E-state index is 0.237. The number of aromatic nitrogens is 1. The average molecular weight is 348 g/mol. The lowest BCUT2D eigenvalue weighted by atomic mass is 9.81. The van der Waals surface area contributed by atoms with E-state index in [1.165, 1.54) is 9.80 Å². The van der Waals surface area contributed by atoms with Gasteiger partial charge in [0.1, 0.15) is 23.5 Å². The van der Waals surface area contributed by atoms with Crippen LogP contribution < -0.4 is 0 Å². The molecule has 0 radical (unpaired) electrons. The zero-order chi connectivity index (χ0) is 18.2. The Morgan fingerprint density at radius 2 is 2.00 bits per heavy atom. The van der Waals surface area contributed by atoms with Crippen LogP contribution in [0.4, 0.5) is 4.79 Å². The monoisotopic (exact) mass is 348 g/mol. The molecule has 1 saturated heterocycles. The molecule has 136 valence electrons. The molecule has 8 nitrogen and oxygen atoms in total. The molecule has 2 aliphatic rings. The normalized spacial score (nSPS) is 19.8. The largest absolute Gasteiger partial charge is 0.361 e. The molecular formula is C17H24N4O4. The number of carbonyl (C=O) groups excluding carboxylic acids is 3. The molecule has 4 amide bonds. The van der Waals surface area contributed by atoms with Crippen molar-refractivity contribution < 1.29 is 18.9 Å². The highest BCUT2D eigenvalue weighted by molar-refractivity contribution is 6.08. The minimum Gasteiger partial charge on any atom is -0.361 e. The smallest absolute Gasteiger partial charge is 0.327 e. The number of imide groups is 1. The summed E-state index contributed by atoms with van der Waals surface area (Å²) in [5.74, 6) is 0.129. The van der Waals surface area contributed by atoms with E-state index in [1.807, 2.05) is 0 Å². The molecule has 3 rings (SSSR count). The van der Waals surface area contributed by atoms with E-state index >= 15 is 0 Å². The number of likely N-dealkylation sites (N-methyl/N-ethyl adjacent to an activating group) is 2. The molecule has 0 aromatic carbocycles. The van der Waals surface area contributed by atoms with Gasteiger partial charge in [0.05, 0.1) is 6.54 Å². The van der Waals surface area contributed by atoms with E-state index < -0.39 is 5.54 Å². The Labute approximate surface area is 146 Å². The van der Waals surface area contributed by atoms with Crippen molar-refractivity contribution in [3.63, 3.8) is 0 Å². The van der Waals surface area contributed by atoms with Crippen molar-refractivity contribution in [3.8, 4) is 0 Å². The summed E-state index contributed by atoms with van der Waals surface area (Å²) < 4.78 is 4.99. The molecule has 8 heteroatoms. The SMILES string of the molecule is Cc1cc(CN(C)C(=O)CN2C(=O)N(C)C3(CCCCC3)C2=O)no1. The molecule has 0 bridgehead atoms. The fourth-order valence-electron chi connectivity index (χ4n) is 3.75. The molecule has 1 saturated carbocycles. The molecule has 2 fully saturated rings. The third-order valence-electron chi connectivity index (χ3n) is 5.28. The lowest BCUT2D eigenvalue weighted by molar-refractivity contribution is -0.140. The first-order valence-electron chi connectivity index (χ1n) is 8.61. The van der Waals surface area contributed by atoms with Gasteiger partial charge < -0.3 is 14.3 Å². The summed E-state index contributed by atoms with van der Waals surface area (Å²) in [5.41, 5.74) is -0.120. The first-order chi connectivity index (χ1) is 11.8. The van der Waals surface area contributed by atoms with Crippen LogP contribution in [0.2, 0.25) is 0 Å². The summed E-state index contributed by atoms with van der Waals surface area (Å²) in [4.78, 5) is 42.0. The zero-order valence-electron chi connectivity index (χ0n) is 14.9. The average Bonchev–Trinajstić information content (AvgIpc) is 3.08. The zero-order valence-corrected chi connectivity index (χ0v) is 14.9. The van der Waals surface area contributed by atoms with Crippen molar-refractivity contribution >= 4 is 17.8 Å². The predicted molar refractivity (Wildman–Crippen MR) is 88.4 cm³/mol. The van der Waals surface area contributed by atoms with Crippen LogP contribution in [0.1, 0.15) is 43.6 Å². The number of amides is 4. The molecule has 25 heavy (non-hydrogen) atoms. The van der Waals surface area contributed by atoms with E-state index in [2.05, 4.69) is 5.16 Å².